The van der Waals surface area contributed by atoms with Crippen LogP contribution in [-0.4, -0.2) is 38.4 Å². The molecule has 2 unspecified atom stereocenters. The highest BCUT2D eigenvalue weighted by molar-refractivity contribution is 5.74. The molecule has 0 saturated heterocycles. The van der Waals surface area contributed by atoms with Crippen LogP contribution in [0.1, 0.15) is 46.0 Å². The van der Waals surface area contributed by atoms with Gasteiger partial charge < -0.3 is 15.7 Å². The first kappa shape index (κ1) is 18.2. The van der Waals surface area contributed by atoms with Crippen molar-refractivity contribution in [3.05, 3.63) is 30.2 Å². The Balaban J connectivity index is 2.02. The number of carbonyl (C=O) groups excluding carboxylic acids is 1. The van der Waals surface area contributed by atoms with Crippen LogP contribution < -0.4 is 10.6 Å². The van der Waals surface area contributed by atoms with Gasteiger partial charge in [0.15, 0.2) is 11.5 Å². The summed E-state index contributed by atoms with van der Waals surface area (Å²) in [5.41, 5.74) is 0.743. The molecule has 132 valence electrons. The molecule has 0 bridgehead atoms. The first-order valence-corrected chi connectivity index (χ1v) is 8.40. The number of pyridine rings is 1. The molecule has 7 nitrogen and oxygen atoms in total. The van der Waals surface area contributed by atoms with E-state index in [9.17, 15) is 9.90 Å². The number of nitrogens with zero attached hydrogens (tertiary/aromatic N) is 3. The molecule has 2 aromatic rings. The minimum absolute atomic E-state index is 0.143. The van der Waals surface area contributed by atoms with Gasteiger partial charge in [0, 0.05) is 12.7 Å². The number of hydrogen-bond acceptors (Lipinski definition) is 4. The highest BCUT2D eigenvalue weighted by Gasteiger charge is 2.23. The fourth-order valence-electron chi connectivity index (χ4n) is 2.63. The van der Waals surface area contributed by atoms with Gasteiger partial charge in [-0.05, 0) is 30.4 Å². The minimum Gasteiger partial charge on any atom is -0.391 e. The zero-order valence-electron chi connectivity index (χ0n) is 14.7. The first-order valence-electron chi connectivity index (χ1n) is 8.40. The Morgan fingerprint density at radius 2 is 2.00 bits per heavy atom. The third-order valence-electron chi connectivity index (χ3n) is 3.81. The molecule has 0 fully saturated rings. The number of nitrogens with one attached hydrogen (secondary N) is 2. The van der Waals surface area contributed by atoms with Gasteiger partial charge in [0.25, 0.3) is 0 Å². The zero-order chi connectivity index (χ0) is 17.7. The number of aliphatic hydroxyl groups is 1. The second kappa shape index (κ2) is 8.10. The number of aliphatic hydroxyl groups excluding tert-OH is 1. The lowest BCUT2D eigenvalue weighted by molar-refractivity contribution is 0.146. The standard InChI is InChI=1S/C17H27N5O2/c1-11(2)9-13(23)10-18-17(24)19-15(12(3)4)16-21-20-14-7-5-6-8-22(14)16/h5-8,11-13,15,23H,9-10H2,1-4H3,(H2,18,19,24). The van der Waals surface area contributed by atoms with Crippen molar-refractivity contribution >= 4 is 11.7 Å². The molecule has 0 saturated carbocycles. The Morgan fingerprint density at radius 1 is 1.25 bits per heavy atom. The van der Waals surface area contributed by atoms with Crippen molar-refractivity contribution in [1.29, 1.82) is 0 Å². The lowest BCUT2D eigenvalue weighted by Gasteiger charge is -2.22. The monoisotopic (exact) mass is 333 g/mol. The van der Waals surface area contributed by atoms with E-state index in [1.54, 1.807) is 0 Å². The predicted molar refractivity (Wildman–Crippen MR) is 92.6 cm³/mol. The molecule has 3 N–H and O–H groups in total. The van der Waals surface area contributed by atoms with E-state index >= 15 is 0 Å². The Labute approximate surface area is 142 Å². The Kier molecular flexibility index (Phi) is 6.14. The number of rotatable bonds is 7. The maximum absolute atomic E-state index is 12.2. The van der Waals surface area contributed by atoms with Gasteiger partial charge in [-0.2, -0.15) is 0 Å². The maximum Gasteiger partial charge on any atom is 0.315 e. The van der Waals surface area contributed by atoms with Crippen LogP contribution in [0.4, 0.5) is 4.79 Å². The average molecular weight is 333 g/mol. The number of amides is 2. The molecule has 0 aliphatic heterocycles. The van der Waals surface area contributed by atoms with Crippen LogP contribution >= 0.6 is 0 Å². The van der Waals surface area contributed by atoms with E-state index in [1.165, 1.54) is 0 Å². The fourth-order valence-corrected chi connectivity index (χ4v) is 2.63. The van der Waals surface area contributed by atoms with Crippen molar-refractivity contribution in [3.63, 3.8) is 0 Å². The molecule has 2 heterocycles. The summed E-state index contributed by atoms with van der Waals surface area (Å²) in [7, 11) is 0. The van der Waals surface area contributed by atoms with Gasteiger partial charge in [-0.25, -0.2) is 4.79 Å². The minimum atomic E-state index is -0.540. The largest absolute Gasteiger partial charge is 0.391 e. The smallest absolute Gasteiger partial charge is 0.315 e. The zero-order valence-corrected chi connectivity index (χ0v) is 14.7. The summed E-state index contributed by atoms with van der Waals surface area (Å²) in [5, 5.41) is 23.9. The van der Waals surface area contributed by atoms with Crippen LogP contribution in [0.15, 0.2) is 24.4 Å². The van der Waals surface area contributed by atoms with Crippen molar-refractivity contribution < 1.29 is 9.90 Å². The van der Waals surface area contributed by atoms with E-state index in [0.717, 1.165) is 5.65 Å². The van der Waals surface area contributed by atoms with E-state index in [0.29, 0.717) is 18.2 Å². The molecular weight excluding hydrogens is 306 g/mol. The molecular formula is C17H27N5O2. The maximum atomic E-state index is 12.2. The van der Waals surface area contributed by atoms with E-state index in [-0.39, 0.29) is 24.5 Å². The normalized spacial score (nSPS) is 14.1. The summed E-state index contributed by atoms with van der Waals surface area (Å²) in [4.78, 5) is 12.2. The highest BCUT2D eigenvalue weighted by atomic mass is 16.3. The van der Waals surface area contributed by atoms with Gasteiger partial charge in [0.2, 0.25) is 0 Å². The fraction of sp³-hybridized carbons (Fsp3) is 0.588. The quantitative estimate of drug-likeness (QED) is 0.724. The van der Waals surface area contributed by atoms with E-state index in [4.69, 9.17) is 0 Å². The molecule has 2 amide bonds. The summed E-state index contributed by atoms with van der Waals surface area (Å²) >= 11 is 0. The van der Waals surface area contributed by atoms with Crippen molar-refractivity contribution in [2.75, 3.05) is 6.54 Å². The summed E-state index contributed by atoms with van der Waals surface area (Å²) < 4.78 is 1.87. The lowest BCUT2D eigenvalue weighted by atomic mass is 10.0. The van der Waals surface area contributed by atoms with Crippen molar-refractivity contribution in [2.45, 2.75) is 46.3 Å². The summed E-state index contributed by atoms with van der Waals surface area (Å²) in [6.45, 7) is 8.34. The third kappa shape index (κ3) is 4.67. The van der Waals surface area contributed by atoms with Crippen molar-refractivity contribution in [3.8, 4) is 0 Å². The molecule has 2 rings (SSSR count). The van der Waals surface area contributed by atoms with Crippen LogP contribution in [0.3, 0.4) is 0 Å². The summed E-state index contributed by atoms with van der Waals surface area (Å²) in [6.07, 6.45) is 2.00. The second-order valence-corrected chi connectivity index (χ2v) is 6.85. The van der Waals surface area contributed by atoms with E-state index < -0.39 is 6.10 Å². The molecule has 0 spiro atoms. The first-order chi connectivity index (χ1) is 11.4. The van der Waals surface area contributed by atoms with Gasteiger partial charge in [0.05, 0.1) is 12.1 Å². The third-order valence-corrected chi connectivity index (χ3v) is 3.81. The molecule has 2 atom stereocenters. The lowest BCUT2D eigenvalue weighted by Crippen LogP contribution is -2.43. The van der Waals surface area contributed by atoms with Crippen LogP contribution in [0.25, 0.3) is 5.65 Å². The highest BCUT2D eigenvalue weighted by Crippen LogP contribution is 2.20. The second-order valence-electron chi connectivity index (χ2n) is 6.85. The number of hydrogen-bond donors (Lipinski definition) is 3. The van der Waals surface area contributed by atoms with Crippen LogP contribution in [0.5, 0.6) is 0 Å². The van der Waals surface area contributed by atoms with Gasteiger partial charge in [-0.1, -0.05) is 33.8 Å². The molecule has 2 aromatic heterocycles. The molecule has 0 aliphatic carbocycles. The van der Waals surface area contributed by atoms with Crippen LogP contribution in [0, 0.1) is 11.8 Å². The number of aromatic nitrogens is 3. The van der Waals surface area contributed by atoms with Gasteiger partial charge in [0.1, 0.15) is 0 Å². The molecule has 0 aromatic carbocycles. The number of carbonyl (C=O) groups is 1. The number of urea groups is 1. The Hall–Kier alpha value is -2.15. The summed E-state index contributed by atoms with van der Waals surface area (Å²) in [5.74, 6) is 1.22. The van der Waals surface area contributed by atoms with E-state index in [1.807, 2.05) is 56.5 Å². The van der Waals surface area contributed by atoms with Gasteiger partial charge in [-0.3, -0.25) is 4.40 Å². The number of fused-ring (bicyclic) bond motifs is 1. The van der Waals surface area contributed by atoms with Crippen LogP contribution in [-0.2, 0) is 0 Å². The van der Waals surface area contributed by atoms with Crippen molar-refractivity contribution in [2.24, 2.45) is 11.8 Å². The molecule has 24 heavy (non-hydrogen) atoms. The SMILES string of the molecule is CC(C)CC(O)CNC(=O)NC(c1nnc2ccccn12)C(C)C. The Bertz CT molecular complexity index is 668. The van der Waals surface area contributed by atoms with E-state index in [2.05, 4.69) is 20.8 Å². The van der Waals surface area contributed by atoms with Crippen molar-refractivity contribution in [1.82, 2.24) is 25.2 Å². The molecule has 0 radical (unpaired) electrons. The van der Waals surface area contributed by atoms with Crippen LogP contribution in [0.2, 0.25) is 0 Å². The Morgan fingerprint density at radius 3 is 2.67 bits per heavy atom. The predicted octanol–water partition coefficient (Wildman–Crippen LogP) is 2.13. The molecule has 7 heteroatoms. The van der Waals surface area contributed by atoms with Gasteiger partial charge in [-0.15, -0.1) is 10.2 Å². The topological polar surface area (TPSA) is 91.5 Å². The van der Waals surface area contributed by atoms with Gasteiger partial charge >= 0.3 is 6.03 Å². The summed E-state index contributed by atoms with van der Waals surface area (Å²) in [6, 6.07) is 5.08. The average Bonchev–Trinajstić information content (AvgIpc) is 2.93. The molecule has 0 aliphatic rings.